The molecule has 16 heavy (non-hydrogen) atoms. The van der Waals surface area contributed by atoms with Gasteiger partial charge in [-0.2, -0.15) is 0 Å². The molecular weight excluding hydrogens is 200 g/mol. The molecule has 0 aliphatic heterocycles. The number of aliphatic hydroxyl groups is 1. The Kier molecular flexibility index (Phi) is 3.44. The smallest absolute Gasteiger partial charge is 0.134 e. The molecule has 3 nitrogen and oxygen atoms in total. The van der Waals surface area contributed by atoms with E-state index >= 15 is 0 Å². The van der Waals surface area contributed by atoms with Crippen molar-refractivity contribution in [3.63, 3.8) is 0 Å². The van der Waals surface area contributed by atoms with Gasteiger partial charge in [0.15, 0.2) is 0 Å². The van der Waals surface area contributed by atoms with Crippen molar-refractivity contribution in [2.45, 2.75) is 45.3 Å². The fourth-order valence-corrected chi connectivity index (χ4v) is 2.06. The molecule has 1 aromatic heterocycles. The number of rotatable bonds is 5. The summed E-state index contributed by atoms with van der Waals surface area (Å²) >= 11 is 0. The predicted octanol–water partition coefficient (Wildman–Crippen LogP) is 2.51. The first-order valence-electron chi connectivity index (χ1n) is 6.13. The molecule has 1 unspecified atom stereocenters. The monoisotopic (exact) mass is 220 g/mol. The van der Waals surface area contributed by atoms with Crippen LogP contribution in [0, 0.1) is 0 Å². The molecule has 1 aliphatic carbocycles. The average molecular weight is 220 g/mol. The van der Waals surface area contributed by atoms with E-state index in [1.165, 1.54) is 12.8 Å². The lowest BCUT2D eigenvalue weighted by Crippen LogP contribution is -2.28. The van der Waals surface area contributed by atoms with E-state index in [0.29, 0.717) is 6.04 Å². The first-order chi connectivity index (χ1) is 7.74. The van der Waals surface area contributed by atoms with E-state index in [2.05, 4.69) is 16.8 Å². The Hall–Kier alpha value is -1.09. The van der Waals surface area contributed by atoms with Crippen molar-refractivity contribution in [3.8, 4) is 0 Å². The average Bonchev–Trinajstić information content (AvgIpc) is 3.10. The summed E-state index contributed by atoms with van der Waals surface area (Å²) in [5, 5.41) is 9.76. The van der Waals surface area contributed by atoms with Crippen LogP contribution in [0.4, 0.5) is 5.82 Å². The highest BCUT2D eigenvalue weighted by molar-refractivity contribution is 5.49. The van der Waals surface area contributed by atoms with Gasteiger partial charge in [-0.1, -0.05) is 13.0 Å². The van der Waals surface area contributed by atoms with Gasteiger partial charge in [0, 0.05) is 24.3 Å². The summed E-state index contributed by atoms with van der Waals surface area (Å²) in [6, 6.07) is 4.51. The predicted molar refractivity (Wildman–Crippen MR) is 65.5 cm³/mol. The Morgan fingerprint density at radius 3 is 2.88 bits per heavy atom. The van der Waals surface area contributed by atoms with Gasteiger partial charge in [0.2, 0.25) is 0 Å². The number of hydrogen-bond acceptors (Lipinski definition) is 3. The van der Waals surface area contributed by atoms with Crippen LogP contribution in [0.25, 0.3) is 0 Å². The lowest BCUT2D eigenvalue weighted by atomic mass is 10.1. The van der Waals surface area contributed by atoms with Gasteiger partial charge in [-0.3, -0.25) is 0 Å². The third-order valence-electron chi connectivity index (χ3n) is 2.99. The van der Waals surface area contributed by atoms with Crippen LogP contribution < -0.4 is 4.90 Å². The molecule has 1 aliphatic rings. The summed E-state index contributed by atoms with van der Waals surface area (Å²) in [4.78, 5) is 6.80. The van der Waals surface area contributed by atoms with Crippen molar-refractivity contribution in [1.29, 1.82) is 0 Å². The van der Waals surface area contributed by atoms with Crippen molar-refractivity contribution >= 4 is 5.82 Å². The maximum absolute atomic E-state index is 9.76. The molecule has 1 saturated carbocycles. The second-order valence-corrected chi connectivity index (χ2v) is 4.52. The molecule has 3 heteroatoms. The van der Waals surface area contributed by atoms with E-state index in [4.69, 9.17) is 0 Å². The van der Waals surface area contributed by atoms with Gasteiger partial charge in [0.05, 0.1) is 6.10 Å². The standard InChI is InChI=1S/C13H20N2O/c1-3-9-15(11-6-7-11)13-12(10(2)16)5-4-8-14-13/h4-5,8,10-11,16H,3,6-7,9H2,1-2H3. The SMILES string of the molecule is CCCN(c1ncccc1C(C)O)C1CC1. The van der Waals surface area contributed by atoms with E-state index in [0.717, 1.165) is 24.3 Å². The molecule has 0 aromatic carbocycles. The molecule has 0 amide bonds. The van der Waals surface area contributed by atoms with E-state index < -0.39 is 6.10 Å². The minimum atomic E-state index is -0.443. The summed E-state index contributed by atoms with van der Waals surface area (Å²) in [5.41, 5.74) is 0.947. The third kappa shape index (κ3) is 2.35. The summed E-state index contributed by atoms with van der Waals surface area (Å²) < 4.78 is 0. The molecular formula is C13H20N2O. The van der Waals surface area contributed by atoms with Crippen LogP contribution in [0.15, 0.2) is 18.3 Å². The van der Waals surface area contributed by atoms with Crippen LogP contribution >= 0.6 is 0 Å². The summed E-state index contributed by atoms with van der Waals surface area (Å²) in [6.07, 6.45) is 5.01. The molecule has 1 heterocycles. The molecule has 2 rings (SSSR count). The molecule has 1 fully saturated rings. The maximum atomic E-state index is 9.76. The number of anilines is 1. The fraction of sp³-hybridized carbons (Fsp3) is 0.615. The van der Waals surface area contributed by atoms with Crippen molar-refractivity contribution in [2.75, 3.05) is 11.4 Å². The summed E-state index contributed by atoms with van der Waals surface area (Å²) in [7, 11) is 0. The molecule has 1 atom stereocenters. The number of aliphatic hydroxyl groups excluding tert-OH is 1. The van der Waals surface area contributed by atoms with Crippen LogP contribution in [0.5, 0.6) is 0 Å². The van der Waals surface area contributed by atoms with Crippen molar-refractivity contribution in [3.05, 3.63) is 23.9 Å². The molecule has 1 aromatic rings. The molecule has 0 spiro atoms. The molecule has 0 saturated heterocycles. The lowest BCUT2D eigenvalue weighted by molar-refractivity contribution is 0.199. The fourth-order valence-electron chi connectivity index (χ4n) is 2.06. The zero-order chi connectivity index (χ0) is 11.5. The minimum Gasteiger partial charge on any atom is -0.389 e. The molecule has 1 N–H and O–H groups in total. The van der Waals surface area contributed by atoms with Crippen LogP contribution in [-0.4, -0.2) is 22.7 Å². The van der Waals surface area contributed by atoms with Crippen LogP contribution in [-0.2, 0) is 0 Å². The highest BCUT2D eigenvalue weighted by Crippen LogP contribution is 2.34. The number of aromatic nitrogens is 1. The Labute approximate surface area is 97.1 Å². The first kappa shape index (κ1) is 11.4. The normalized spacial score (nSPS) is 17.2. The van der Waals surface area contributed by atoms with E-state index in [1.807, 2.05) is 18.3 Å². The van der Waals surface area contributed by atoms with Gasteiger partial charge in [0.1, 0.15) is 5.82 Å². The van der Waals surface area contributed by atoms with E-state index in [9.17, 15) is 5.11 Å². The Morgan fingerprint density at radius 1 is 1.56 bits per heavy atom. The number of pyridine rings is 1. The second kappa shape index (κ2) is 4.83. The van der Waals surface area contributed by atoms with Gasteiger partial charge in [-0.15, -0.1) is 0 Å². The quantitative estimate of drug-likeness (QED) is 0.828. The van der Waals surface area contributed by atoms with Crippen molar-refractivity contribution in [1.82, 2.24) is 4.98 Å². The highest BCUT2D eigenvalue weighted by Gasteiger charge is 2.30. The van der Waals surface area contributed by atoms with Gasteiger partial charge in [0.25, 0.3) is 0 Å². The minimum absolute atomic E-state index is 0.443. The zero-order valence-corrected chi connectivity index (χ0v) is 10.1. The van der Waals surface area contributed by atoms with Crippen LogP contribution in [0.3, 0.4) is 0 Å². The van der Waals surface area contributed by atoms with Crippen LogP contribution in [0.1, 0.15) is 44.8 Å². The first-order valence-corrected chi connectivity index (χ1v) is 6.13. The topological polar surface area (TPSA) is 36.4 Å². The Bertz CT molecular complexity index is 348. The van der Waals surface area contributed by atoms with Crippen LogP contribution in [0.2, 0.25) is 0 Å². The van der Waals surface area contributed by atoms with Gasteiger partial charge < -0.3 is 10.0 Å². The van der Waals surface area contributed by atoms with E-state index in [-0.39, 0.29) is 0 Å². The van der Waals surface area contributed by atoms with Gasteiger partial charge in [-0.25, -0.2) is 4.98 Å². The molecule has 0 bridgehead atoms. The largest absolute Gasteiger partial charge is 0.389 e. The van der Waals surface area contributed by atoms with E-state index in [1.54, 1.807) is 6.92 Å². The Morgan fingerprint density at radius 2 is 2.31 bits per heavy atom. The maximum Gasteiger partial charge on any atom is 0.134 e. The third-order valence-corrected chi connectivity index (χ3v) is 2.99. The van der Waals surface area contributed by atoms with Crippen molar-refractivity contribution < 1.29 is 5.11 Å². The summed E-state index contributed by atoms with van der Waals surface area (Å²) in [5.74, 6) is 0.974. The summed E-state index contributed by atoms with van der Waals surface area (Å²) in [6.45, 7) is 5.01. The Balaban J connectivity index is 2.28. The number of nitrogens with zero attached hydrogens (tertiary/aromatic N) is 2. The zero-order valence-electron chi connectivity index (χ0n) is 10.1. The van der Waals surface area contributed by atoms with Gasteiger partial charge in [-0.05, 0) is 32.3 Å². The number of hydrogen-bond donors (Lipinski definition) is 1. The lowest BCUT2D eigenvalue weighted by Gasteiger charge is -2.26. The highest BCUT2D eigenvalue weighted by atomic mass is 16.3. The van der Waals surface area contributed by atoms with Crippen molar-refractivity contribution in [2.24, 2.45) is 0 Å². The van der Waals surface area contributed by atoms with Gasteiger partial charge >= 0.3 is 0 Å². The molecule has 0 radical (unpaired) electrons. The molecule has 88 valence electrons. The second-order valence-electron chi connectivity index (χ2n) is 4.52.